The van der Waals surface area contributed by atoms with Gasteiger partial charge in [-0.1, -0.05) is 95.6 Å². The van der Waals surface area contributed by atoms with Crippen LogP contribution in [0.4, 0.5) is 0 Å². The quantitative estimate of drug-likeness (QED) is 0.374. The van der Waals surface area contributed by atoms with Gasteiger partial charge in [0.2, 0.25) is 0 Å². The number of methoxy groups -OCH3 is 1. The number of ether oxygens (including phenoxy) is 1. The third kappa shape index (κ3) is 5.73. The first-order chi connectivity index (χ1) is 10.6. The van der Waals surface area contributed by atoms with Crippen LogP contribution in [-0.2, 0) is 17.1 Å². The average Bonchev–Trinajstić information content (AvgIpc) is 2.90. The molecule has 0 aromatic carbocycles. The third-order valence-corrected chi connectivity index (χ3v) is 4.82. The van der Waals surface area contributed by atoms with Gasteiger partial charge in [-0.25, -0.2) is 15.0 Å². The molecule has 0 aliphatic heterocycles. The number of alkyl halides is 6. The van der Waals surface area contributed by atoms with Crippen LogP contribution in [0.2, 0.25) is 0 Å². The number of hydrogen-bond acceptors (Lipinski definition) is 5. The molecule has 0 aliphatic rings. The van der Waals surface area contributed by atoms with Gasteiger partial charge in [0.05, 0.1) is 13.4 Å². The minimum atomic E-state index is -0.736. The van der Waals surface area contributed by atoms with Gasteiger partial charge < -0.3 is 9.15 Å². The molecule has 2 aromatic heterocycles. The fourth-order valence-electron chi connectivity index (χ4n) is 1.70. The zero-order valence-electron chi connectivity index (χ0n) is 11.5. The van der Waals surface area contributed by atoms with Gasteiger partial charge in [-0.05, 0) is 0 Å². The smallest absolute Gasteiger partial charge is 0.194 e. The van der Waals surface area contributed by atoms with E-state index in [1.54, 1.807) is 19.4 Å². The molecule has 2 heterocycles. The lowest BCUT2D eigenvalue weighted by Gasteiger charge is -2.16. The van der Waals surface area contributed by atoms with Crippen molar-refractivity contribution < 1.29 is 9.15 Å². The molecule has 126 valence electrons. The summed E-state index contributed by atoms with van der Waals surface area (Å²) in [5, 5.41) is 0. The highest BCUT2D eigenvalue weighted by molar-refractivity contribution is 9.39. The summed E-state index contributed by atoms with van der Waals surface area (Å²) in [5.41, 5.74) is 0. The Morgan fingerprint density at radius 1 is 0.957 bits per heavy atom. The first-order valence-electron chi connectivity index (χ1n) is 6.11. The Hall–Kier alpha value is 0.970. The van der Waals surface area contributed by atoms with E-state index in [0.29, 0.717) is 36.1 Å². The highest BCUT2D eigenvalue weighted by Crippen LogP contribution is 2.46. The maximum atomic E-state index is 5.42. The molecule has 0 unspecified atom stereocenters. The summed E-state index contributed by atoms with van der Waals surface area (Å²) in [7, 11) is 1.61. The van der Waals surface area contributed by atoms with Crippen LogP contribution >= 0.6 is 95.6 Å². The van der Waals surface area contributed by atoms with Gasteiger partial charge >= 0.3 is 0 Å². The zero-order valence-corrected chi connectivity index (χ0v) is 21.0. The van der Waals surface area contributed by atoms with E-state index in [-0.39, 0.29) is 0 Å². The second-order valence-corrected chi connectivity index (χ2v) is 17.8. The molecule has 0 fully saturated rings. The first-order valence-corrected chi connectivity index (χ1v) is 10.9. The highest BCUT2D eigenvalue weighted by Gasteiger charge is 2.31. The molecule has 0 aliphatic carbocycles. The monoisotopic (exact) mass is 701 g/mol. The maximum Gasteiger partial charge on any atom is 0.194 e. The highest BCUT2D eigenvalue weighted by atomic mass is 80.0. The van der Waals surface area contributed by atoms with Crippen molar-refractivity contribution in [1.29, 1.82) is 0 Å². The van der Waals surface area contributed by atoms with Crippen LogP contribution in [-0.4, -0.2) is 22.1 Å². The minimum Gasteiger partial charge on any atom is -0.493 e. The standard InChI is InChI=1S/C12H9Br6N3O2/c1-22-6-4-5-23-7(6)2-3-8-19-9(11(13,14)15)21-10(20-8)12(16,17)18/h4-5H,2-3H2,1H3. The molecule has 0 bridgehead atoms. The molecular formula is C12H9Br6N3O2. The Labute approximate surface area is 183 Å². The summed E-state index contributed by atoms with van der Waals surface area (Å²) in [6, 6.07) is 1.78. The zero-order chi connectivity index (χ0) is 17.3. The molecule has 0 spiro atoms. The lowest BCUT2D eigenvalue weighted by atomic mass is 10.2. The molecule has 2 aromatic rings. The van der Waals surface area contributed by atoms with Gasteiger partial charge in [0, 0.05) is 18.9 Å². The number of hydrogen-bond donors (Lipinski definition) is 0. The molecule has 0 saturated heterocycles. The van der Waals surface area contributed by atoms with Crippen molar-refractivity contribution in [2.75, 3.05) is 7.11 Å². The van der Waals surface area contributed by atoms with E-state index in [4.69, 9.17) is 9.15 Å². The van der Waals surface area contributed by atoms with Crippen molar-refractivity contribution in [2.24, 2.45) is 0 Å². The van der Waals surface area contributed by atoms with E-state index in [1.807, 2.05) is 0 Å². The Morgan fingerprint density at radius 2 is 1.52 bits per heavy atom. The Kier molecular flexibility index (Phi) is 7.15. The van der Waals surface area contributed by atoms with Gasteiger partial charge in [-0.15, -0.1) is 0 Å². The van der Waals surface area contributed by atoms with Gasteiger partial charge in [0.15, 0.2) is 21.7 Å². The fourth-order valence-corrected chi connectivity index (χ4v) is 2.77. The summed E-state index contributed by atoms with van der Waals surface area (Å²) in [6.45, 7) is 0. The van der Waals surface area contributed by atoms with Crippen molar-refractivity contribution >= 4 is 95.6 Å². The third-order valence-electron chi connectivity index (χ3n) is 2.69. The average molecular weight is 707 g/mol. The van der Waals surface area contributed by atoms with Crippen molar-refractivity contribution in [3.63, 3.8) is 0 Å². The summed E-state index contributed by atoms with van der Waals surface area (Å²) in [6.07, 6.45) is 2.77. The SMILES string of the molecule is COc1ccoc1CCc1nc(C(Br)(Br)Br)nc(C(Br)(Br)Br)n1. The van der Waals surface area contributed by atoms with Crippen molar-refractivity contribution in [3.05, 3.63) is 35.6 Å². The van der Waals surface area contributed by atoms with Crippen LogP contribution in [0.3, 0.4) is 0 Å². The second-order valence-electron chi connectivity index (χ2n) is 4.31. The minimum absolute atomic E-state index is 0.492. The maximum absolute atomic E-state index is 5.42. The number of furan rings is 1. The summed E-state index contributed by atoms with van der Waals surface area (Å²) >= 11 is 20.6. The first kappa shape index (κ1) is 20.3. The van der Waals surface area contributed by atoms with Crippen molar-refractivity contribution in [1.82, 2.24) is 15.0 Å². The molecule has 0 saturated carbocycles. The predicted molar refractivity (Wildman–Crippen MR) is 109 cm³/mol. The van der Waals surface area contributed by atoms with Crippen molar-refractivity contribution in [2.45, 2.75) is 17.1 Å². The van der Waals surface area contributed by atoms with Crippen molar-refractivity contribution in [3.8, 4) is 5.75 Å². The molecule has 0 atom stereocenters. The molecule has 0 radical (unpaired) electrons. The second kappa shape index (κ2) is 8.11. The van der Waals surface area contributed by atoms with Crippen LogP contribution in [0, 0.1) is 0 Å². The lowest BCUT2D eigenvalue weighted by Crippen LogP contribution is -2.17. The molecule has 0 N–H and O–H groups in total. The topological polar surface area (TPSA) is 61.0 Å². The Balaban J connectivity index is 2.30. The Bertz CT molecular complexity index is 648. The Morgan fingerprint density at radius 3 is 2.00 bits per heavy atom. The van der Waals surface area contributed by atoms with Gasteiger partial charge in [0.1, 0.15) is 11.6 Å². The van der Waals surface area contributed by atoms with E-state index in [2.05, 4.69) is 111 Å². The number of aryl methyl sites for hydroxylation is 2. The van der Waals surface area contributed by atoms with E-state index in [1.165, 1.54) is 0 Å². The van der Waals surface area contributed by atoms with E-state index >= 15 is 0 Å². The number of aromatic nitrogens is 3. The fraction of sp³-hybridized carbons (Fsp3) is 0.417. The largest absolute Gasteiger partial charge is 0.493 e. The molecule has 0 amide bonds. The van der Waals surface area contributed by atoms with Crippen LogP contribution < -0.4 is 4.74 Å². The molecule has 11 heteroatoms. The van der Waals surface area contributed by atoms with Crippen LogP contribution in [0.5, 0.6) is 5.75 Å². The van der Waals surface area contributed by atoms with E-state index in [9.17, 15) is 0 Å². The summed E-state index contributed by atoms with van der Waals surface area (Å²) < 4.78 is 9.19. The molecule has 5 nitrogen and oxygen atoms in total. The van der Waals surface area contributed by atoms with Crippen LogP contribution in [0.1, 0.15) is 23.2 Å². The van der Waals surface area contributed by atoms with Crippen LogP contribution in [0.15, 0.2) is 16.7 Å². The number of rotatable bonds is 4. The van der Waals surface area contributed by atoms with Gasteiger partial charge in [-0.2, -0.15) is 0 Å². The number of halogens is 6. The molecule has 2 rings (SSSR count). The number of nitrogens with zero attached hydrogens (tertiary/aromatic N) is 3. The van der Waals surface area contributed by atoms with Gasteiger partial charge in [0.25, 0.3) is 0 Å². The summed E-state index contributed by atoms with van der Waals surface area (Å²) in [4.78, 5) is 13.3. The van der Waals surface area contributed by atoms with Gasteiger partial charge in [-0.3, -0.25) is 0 Å². The molecule has 23 heavy (non-hydrogen) atoms. The van der Waals surface area contributed by atoms with E-state index < -0.39 is 4.29 Å². The van der Waals surface area contributed by atoms with Crippen LogP contribution in [0.25, 0.3) is 0 Å². The normalized spacial score (nSPS) is 12.5. The van der Waals surface area contributed by atoms with E-state index in [0.717, 1.165) is 5.76 Å². The lowest BCUT2D eigenvalue weighted by molar-refractivity contribution is 0.390. The summed E-state index contributed by atoms with van der Waals surface area (Å²) in [5.74, 6) is 3.07. The predicted octanol–water partition coefficient (Wildman–Crippen LogP) is 5.85. The molecular weight excluding hydrogens is 698 g/mol.